The molecule has 92 valence electrons. The number of carbonyl (C=O) groups is 1. The van der Waals surface area contributed by atoms with E-state index < -0.39 is 5.97 Å². The van der Waals surface area contributed by atoms with E-state index in [9.17, 15) is 9.90 Å². The second kappa shape index (κ2) is 4.90. The summed E-state index contributed by atoms with van der Waals surface area (Å²) in [6.07, 6.45) is 3.48. The molecule has 0 spiro atoms. The Morgan fingerprint density at radius 2 is 2.19 bits per heavy atom. The summed E-state index contributed by atoms with van der Waals surface area (Å²) >= 11 is 6.04. The molecule has 2 fully saturated rings. The van der Waals surface area contributed by atoms with Crippen LogP contribution in [0.2, 0.25) is 0 Å². The molecule has 0 bridgehead atoms. The van der Waals surface area contributed by atoms with Crippen LogP contribution in [-0.4, -0.2) is 35.8 Å². The van der Waals surface area contributed by atoms with Crippen molar-refractivity contribution in [3.05, 3.63) is 0 Å². The molecule has 0 radical (unpaired) electrons. The van der Waals surface area contributed by atoms with Gasteiger partial charge >= 0.3 is 5.97 Å². The van der Waals surface area contributed by atoms with Crippen LogP contribution in [0.4, 0.5) is 0 Å². The molecular formula is C11H18ClNO3. The molecule has 5 atom stereocenters. The van der Waals surface area contributed by atoms with Crippen LogP contribution in [-0.2, 0) is 9.53 Å². The third-order valence-electron chi connectivity index (χ3n) is 3.87. The monoisotopic (exact) mass is 247 g/mol. The standard InChI is InChI=1S/C11H18ClNO3/c1-16-6-2-3-9-7(4-6)8(11(14)15)5-10(12)13-9/h6-10,13H,2-5H2,1H3,(H,14,15). The van der Waals surface area contributed by atoms with Gasteiger partial charge in [-0.3, -0.25) is 10.1 Å². The topological polar surface area (TPSA) is 58.6 Å². The summed E-state index contributed by atoms with van der Waals surface area (Å²) in [4.78, 5) is 11.2. The highest BCUT2D eigenvalue weighted by Crippen LogP contribution is 2.38. The maximum atomic E-state index is 11.2. The number of halogens is 1. The number of hydrogen-bond acceptors (Lipinski definition) is 3. The van der Waals surface area contributed by atoms with E-state index in [1.165, 1.54) is 0 Å². The molecule has 5 heteroatoms. The molecule has 0 aromatic carbocycles. The van der Waals surface area contributed by atoms with Crippen LogP contribution >= 0.6 is 11.6 Å². The number of methoxy groups -OCH3 is 1. The van der Waals surface area contributed by atoms with Crippen molar-refractivity contribution in [2.75, 3.05) is 7.11 Å². The normalized spacial score (nSPS) is 43.8. The molecule has 0 amide bonds. The molecule has 2 aliphatic rings. The highest BCUT2D eigenvalue weighted by atomic mass is 35.5. The Morgan fingerprint density at radius 1 is 1.44 bits per heavy atom. The third-order valence-corrected chi connectivity index (χ3v) is 4.18. The number of aliphatic carboxylic acids is 1. The molecule has 0 aromatic heterocycles. The van der Waals surface area contributed by atoms with Gasteiger partial charge in [-0.25, -0.2) is 0 Å². The average molecular weight is 248 g/mol. The van der Waals surface area contributed by atoms with Crippen LogP contribution in [0.1, 0.15) is 25.7 Å². The molecule has 5 unspecified atom stereocenters. The van der Waals surface area contributed by atoms with Gasteiger partial charge in [-0.1, -0.05) is 0 Å². The van der Waals surface area contributed by atoms with Crippen molar-refractivity contribution in [1.82, 2.24) is 5.32 Å². The first kappa shape index (κ1) is 12.1. The number of hydrogen-bond donors (Lipinski definition) is 2. The number of carboxylic acids is 1. The zero-order valence-corrected chi connectivity index (χ0v) is 10.1. The van der Waals surface area contributed by atoms with Gasteiger partial charge in [0.15, 0.2) is 0 Å². The predicted molar refractivity (Wildman–Crippen MR) is 60.4 cm³/mol. The minimum atomic E-state index is -0.723. The molecule has 1 aliphatic heterocycles. The number of rotatable bonds is 2. The van der Waals surface area contributed by atoms with Crippen molar-refractivity contribution in [2.24, 2.45) is 11.8 Å². The summed E-state index contributed by atoms with van der Waals surface area (Å²) in [5.74, 6) is -0.892. The van der Waals surface area contributed by atoms with E-state index in [1.54, 1.807) is 7.11 Å². The van der Waals surface area contributed by atoms with Crippen molar-refractivity contribution in [2.45, 2.75) is 43.3 Å². The first-order valence-corrected chi connectivity index (χ1v) is 6.21. The molecule has 1 saturated heterocycles. The van der Waals surface area contributed by atoms with E-state index in [1.807, 2.05) is 0 Å². The fourth-order valence-corrected chi connectivity index (χ4v) is 3.37. The minimum absolute atomic E-state index is 0.159. The number of fused-ring (bicyclic) bond motifs is 1. The molecule has 2 rings (SSSR count). The van der Waals surface area contributed by atoms with Gasteiger partial charge in [0.25, 0.3) is 0 Å². The van der Waals surface area contributed by atoms with E-state index in [4.69, 9.17) is 16.3 Å². The second-order valence-corrected chi connectivity index (χ2v) is 5.28. The Balaban J connectivity index is 2.10. The van der Waals surface area contributed by atoms with Crippen LogP contribution in [0.25, 0.3) is 0 Å². The predicted octanol–water partition coefficient (Wildman–Crippen LogP) is 1.43. The van der Waals surface area contributed by atoms with Crippen LogP contribution in [0, 0.1) is 11.8 Å². The zero-order chi connectivity index (χ0) is 11.7. The van der Waals surface area contributed by atoms with E-state index in [0.717, 1.165) is 19.3 Å². The lowest BCUT2D eigenvalue weighted by Crippen LogP contribution is -2.54. The van der Waals surface area contributed by atoms with Crippen molar-refractivity contribution in [1.29, 1.82) is 0 Å². The first-order valence-electron chi connectivity index (χ1n) is 5.77. The first-order chi connectivity index (χ1) is 7.61. The van der Waals surface area contributed by atoms with Gasteiger partial charge in [-0.15, -0.1) is 11.6 Å². The summed E-state index contributed by atoms with van der Waals surface area (Å²) in [7, 11) is 1.70. The molecular weight excluding hydrogens is 230 g/mol. The lowest BCUT2D eigenvalue weighted by molar-refractivity contribution is -0.147. The van der Waals surface area contributed by atoms with Crippen LogP contribution in [0.5, 0.6) is 0 Å². The van der Waals surface area contributed by atoms with Gasteiger partial charge in [0.1, 0.15) is 0 Å². The van der Waals surface area contributed by atoms with E-state index in [-0.39, 0.29) is 29.5 Å². The van der Waals surface area contributed by atoms with Crippen LogP contribution in [0.15, 0.2) is 0 Å². The summed E-state index contributed by atoms with van der Waals surface area (Å²) < 4.78 is 5.34. The number of nitrogens with one attached hydrogen (secondary N) is 1. The minimum Gasteiger partial charge on any atom is -0.481 e. The molecule has 2 N–H and O–H groups in total. The summed E-state index contributed by atoms with van der Waals surface area (Å²) in [5.41, 5.74) is -0.207. The third kappa shape index (κ3) is 2.34. The van der Waals surface area contributed by atoms with Gasteiger partial charge < -0.3 is 9.84 Å². The zero-order valence-electron chi connectivity index (χ0n) is 9.36. The number of piperidine rings is 1. The van der Waals surface area contributed by atoms with E-state index in [0.29, 0.717) is 6.42 Å². The van der Waals surface area contributed by atoms with Gasteiger partial charge in [0.05, 0.1) is 17.5 Å². The Labute approximate surface area is 100 Å². The van der Waals surface area contributed by atoms with Crippen molar-refractivity contribution in [3.8, 4) is 0 Å². The lowest BCUT2D eigenvalue weighted by atomic mass is 9.72. The highest BCUT2D eigenvalue weighted by Gasteiger charge is 2.43. The van der Waals surface area contributed by atoms with Crippen LogP contribution in [0.3, 0.4) is 0 Å². The van der Waals surface area contributed by atoms with Gasteiger partial charge in [-0.2, -0.15) is 0 Å². The Hall–Kier alpha value is -0.320. The van der Waals surface area contributed by atoms with E-state index >= 15 is 0 Å². The van der Waals surface area contributed by atoms with Gasteiger partial charge in [0.2, 0.25) is 0 Å². The lowest BCUT2D eigenvalue weighted by Gasteiger charge is -2.44. The van der Waals surface area contributed by atoms with Crippen molar-refractivity contribution >= 4 is 17.6 Å². The Bertz CT molecular complexity index is 274. The largest absolute Gasteiger partial charge is 0.481 e. The molecule has 1 saturated carbocycles. The highest BCUT2D eigenvalue weighted by molar-refractivity contribution is 6.20. The Kier molecular flexibility index (Phi) is 3.72. The quantitative estimate of drug-likeness (QED) is 0.573. The van der Waals surface area contributed by atoms with Gasteiger partial charge in [0, 0.05) is 13.2 Å². The average Bonchev–Trinajstić information content (AvgIpc) is 2.27. The smallest absolute Gasteiger partial charge is 0.306 e. The fourth-order valence-electron chi connectivity index (χ4n) is 3.01. The molecule has 4 nitrogen and oxygen atoms in total. The molecule has 0 aromatic rings. The van der Waals surface area contributed by atoms with Crippen molar-refractivity contribution in [3.63, 3.8) is 0 Å². The Morgan fingerprint density at radius 3 is 2.81 bits per heavy atom. The number of carboxylic acid groups (broad SMARTS) is 1. The SMILES string of the molecule is COC1CCC2NC(Cl)CC(C(=O)O)C2C1. The fraction of sp³-hybridized carbons (Fsp3) is 0.909. The van der Waals surface area contributed by atoms with Crippen LogP contribution < -0.4 is 5.32 Å². The molecule has 16 heavy (non-hydrogen) atoms. The second-order valence-electron chi connectivity index (χ2n) is 4.76. The van der Waals surface area contributed by atoms with E-state index in [2.05, 4.69) is 5.32 Å². The number of alkyl halides is 1. The molecule has 1 aliphatic carbocycles. The summed E-state index contributed by atoms with van der Waals surface area (Å²) in [6.45, 7) is 0. The number of ether oxygens (including phenoxy) is 1. The maximum Gasteiger partial charge on any atom is 0.306 e. The maximum absolute atomic E-state index is 11.2. The summed E-state index contributed by atoms with van der Waals surface area (Å²) in [5, 5.41) is 12.5. The van der Waals surface area contributed by atoms with Crippen molar-refractivity contribution < 1.29 is 14.6 Å². The molecule has 1 heterocycles. The summed E-state index contributed by atoms with van der Waals surface area (Å²) in [6, 6.07) is 0.240. The van der Waals surface area contributed by atoms with Gasteiger partial charge in [-0.05, 0) is 31.6 Å².